The minimum absolute atomic E-state index is 0.142. The van der Waals surface area contributed by atoms with E-state index in [1.54, 1.807) is 0 Å². The number of thiazole rings is 1. The number of fused-ring (bicyclic) bond motifs is 2. The maximum Gasteiger partial charge on any atom is 0.280 e. The first kappa shape index (κ1) is 16.9. The molecule has 7 heteroatoms. The van der Waals surface area contributed by atoms with Crippen molar-refractivity contribution in [2.45, 2.75) is 51.3 Å². The monoisotopic (exact) mass is 382 g/mol. The van der Waals surface area contributed by atoms with E-state index in [1.165, 1.54) is 42.7 Å². The zero-order valence-corrected chi connectivity index (χ0v) is 15.9. The van der Waals surface area contributed by atoms with Crippen LogP contribution in [0, 0.1) is 0 Å². The molecule has 0 radical (unpaired) electrons. The predicted molar refractivity (Wildman–Crippen MR) is 104 cm³/mol. The maximum atomic E-state index is 12.6. The van der Waals surface area contributed by atoms with Crippen LogP contribution in [0.25, 0.3) is 10.2 Å². The van der Waals surface area contributed by atoms with E-state index in [1.807, 2.05) is 24.3 Å². The number of ether oxygens (including phenoxy) is 1. The summed E-state index contributed by atoms with van der Waals surface area (Å²) >= 11 is 1.42. The fourth-order valence-corrected chi connectivity index (χ4v) is 5.01. The Morgan fingerprint density at radius 3 is 3.00 bits per heavy atom. The van der Waals surface area contributed by atoms with Gasteiger partial charge in [-0.1, -0.05) is 25.0 Å². The van der Waals surface area contributed by atoms with Gasteiger partial charge < -0.3 is 10.1 Å². The lowest BCUT2D eigenvalue weighted by molar-refractivity contribution is 0.0947. The molecule has 2 aromatic heterocycles. The molecule has 0 atom stereocenters. The van der Waals surface area contributed by atoms with Crippen LogP contribution in [0.15, 0.2) is 24.3 Å². The van der Waals surface area contributed by atoms with Crippen LogP contribution < -0.4 is 5.32 Å². The SMILES string of the molecule is O=C(NCc1nn(C2CCCC2)c2c1COCC2)c1nc2ccccc2s1. The first-order valence-corrected chi connectivity index (χ1v) is 10.4. The fraction of sp³-hybridized carbons (Fsp3) is 0.450. The molecular formula is C20H22N4O2S. The van der Waals surface area contributed by atoms with Gasteiger partial charge in [0.1, 0.15) is 0 Å². The van der Waals surface area contributed by atoms with Crippen LogP contribution in [0.4, 0.5) is 0 Å². The molecule has 6 nitrogen and oxygen atoms in total. The summed E-state index contributed by atoms with van der Waals surface area (Å²) in [5, 5.41) is 8.39. The molecule has 140 valence electrons. The van der Waals surface area contributed by atoms with Gasteiger partial charge in [-0.2, -0.15) is 5.10 Å². The zero-order chi connectivity index (χ0) is 18.2. The lowest BCUT2D eigenvalue weighted by atomic mass is 10.1. The van der Waals surface area contributed by atoms with Gasteiger partial charge in [0.15, 0.2) is 5.01 Å². The number of nitrogens with one attached hydrogen (secondary N) is 1. The summed E-state index contributed by atoms with van der Waals surface area (Å²) in [5.41, 5.74) is 4.27. The van der Waals surface area contributed by atoms with Crippen LogP contribution in [0.1, 0.15) is 58.5 Å². The van der Waals surface area contributed by atoms with Gasteiger partial charge in [0, 0.05) is 17.7 Å². The largest absolute Gasteiger partial charge is 0.376 e. The number of carbonyl (C=O) groups excluding carboxylic acids is 1. The second-order valence-corrected chi connectivity index (χ2v) is 8.26. The number of rotatable bonds is 4. The summed E-state index contributed by atoms with van der Waals surface area (Å²) in [6.07, 6.45) is 5.86. The molecule has 0 unspecified atom stereocenters. The Labute approximate surface area is 161 Å². The van der Waals surface area contributed by atoms with Crippen molar-refractivity contribution in [3.8, 4) is 0 Å². The summed E-state index contributed by atoms with van der Waals surface area (Å²) in [7, 11) is 0. The number of hydrogen-bond acceptors (Lipinski definition) is 5. The summed E-state index contributed by atoms with van der Waals surface area (Å²) in [6.45, 7) is 1.76. The Morgan fingerprint density at radius 2 is 2.15 bits per heavy atom. The summed E-state index contributed by atoms with van der Waals surface area (Å²) in [4.78, 5) is 17.0. The Bertz CT molecular complexity index is 954. The molecule has 3 heterocycles. The van der Waals surface area contributed by atoms with E-state index in [-0.39, 0.29) is 5.91 Å². The fourth-order valence-electron chi connectivity index (χ4n) is 4.13. The molecule has 1 aliphatic heterocycles. The molecule has 1 amide bonds. The van der Waals surface area contributed by atoms with Crippen LogP contribution in [0.2, 0.25) is 0 Å². The minimum Gasteiger partial charge on any atom is -0.376 e. The van der Waals surface area contributed by atoms with Gasteiger partial charge in [0.2, 0.25) is 0 Å². The molecule has 3 aromatic rings. The zero-order valence-electron chi connectivity index (χ0n) is 15.1. The third kappa shape index (κ3) is 3.15. The Hall–Kier alpha value is -2.25. The number of hydrogen-bond donors (Lipinski definition) is 1. The van der Waals surface area contributed by atoms with E-state index >= 15 is 0 Å². The van der Waals surface area contributed by atoms with Gasteiger partial charge in [-0.15, -0.1) is 11.3 Å². The number of benzene rings is 1. The second kappa shape index (κ2) is 7.05. The van der Waals surface area contributed by atoms with Gasteiger partial charge in [-0.3, -0.25) is 9.48 Å². The highest BCUT2D eigenvalue weighted by Gasteiger charge is 2.27. The van der Waals surface area contributed by atoms with Crippen molar-refractivity contribution < 1.29 is 9.53 Å². The average molecular weight is 382 g/mol. The van der Waals surface area contributed by atoms with Crippen molar-refractivity contribution in [2.24, 2.45) is 0 Å². The molecule has 0 spiro atoms. The summed E-state index contributed by atoms with van der Waals surface area (Å²) < 4.78 is 8.92. The molecular weight excluding hydrogens is 360 g/mol. The van der Waals surface area contributed by atoms with Crippen LogP contribution in [-0.2, 0) is 24.3 Å². The molecule has 27 heavy (non-hydrogen) atoms. The maximum absolute atomic E-state index is 12.6. The van der Waals surface area contributed by atoms with Crippen LogP contribution in [0.3, 0.4) is 0 Å². The second-order valence-electron chi connectivity index (χ2n) is 7.23. The number of para-hydroxylation sites is 1. The molecule has 1 aliphatic carbocycles. The van der Waals surface area contributed by atoms with Crippen LogP contribution in [-0.4, -0.2) is 27.3 Å². The van der Waals surface area contributed by atoms with Gasteiger partial charge in [-0.25, -0.2) is 4.98 Å². The summed E-state index contributed by atoms with van der Waals surface area (Å²) in [5.74, 6) is -0.142. The Kier molecular flexibility index (Phi) is 4.41. The van der Waals surface area contributed by atoms with Crippen LogP contribution in [0.5, 0.6) is 0 Å². The highest BCUT2D eigenvalue weighted by Crippen LogP contribution is 2.33. The van der Waals surface area contributed by atoms with Crippen molar-refractivity contribution in [1.29, 1.82) is 0 Å². The molecule has 5 rings (SSSR count). The highest BCUT2D eigenvalue weighted by atomic mass is 32.1. The average Bonchev–Trinajstić information content (AvgIpc) is 3.43. The topological polar surface area (TPSA) is 69.0 Å². The van der Waals surface area contributed by atoms with E-state index in [2.05, 4.69) is 15.0 Å². The van der Waals surface area contributed by atoms with Crippen LogP contribution >= 0.6 is 11.3 Å². The number of carbonyl (C=O) groups is 1. The smallest absolute Gasteiger partial charge is 0.280 e. The first-order chi connectivity index (χ1) is 13.3. The number of amides is 1. The number of aromatic nitrogens is 3. The minimum atomic E-state index is -0.142. The van der Waals surface area contributed by atoms with E-state index in [9.17, 15) is 4.79 Å². The molecule has 1 aromatic carbocycles. The van der Waals surface area contributed by atoms with Crippen molar-refractivity contribution in [1.82, 2.24) is 20.1 Å². The third-order valence-electron chi connectivity index (χ3n) is 5.51. The first-order valence-electron chi connectivity index (χ1n) is 9.60. The van der Waals surface area contributed by atoms with Gasteiger partial charge in [0.05, 0.1) is 41.7 Å². The Morgan fingerprint density at radius 1 is 1.30 bits per heavy atom. The molecule has 1 fully saturated rings. The highest BCUT2D eigenvalue weighted by molar-refractivity contribution is 7.20. The normalized spacial score (nSPS) is 17.3. The Balaban J connectivity index is 1.36. The van der Waals surface area contributed by atoms with E-state index < -0.39 is 0 Å². The van der Waals surface area contributed by atoms with Crippen molar-refractivity contribution in [2.75, 3.05) is 6.61 Å². The quantitative estimate of drug-likeness (QED) is 0.748. The third-order valence-corrected chi connectivity index (χ3v) is 6.54. The molecule has 0 bridgehead atoms. The lowest BCUT2D eigenvalue weighted by Crippen LogP contribution is -2.23. The molecule has 2 aliphatic rings. The number of nitrogens with zero attached hydrogens (tertiary/aromatic N) is 3. The van der Waals surface area contributed by atoms with Crippen molar-refractivity contribution in [3.63, 3.8) is 0 Å². The van der Waals surface area contributed by atoms with Gasteiger partial charge in [0.25, 0.3) is 5.91 Å². The van der Waals surface area contributed by atoms with Gasteiger partial charge >= 0.3 is 0 Å². The lowest BCUT2D eigenvalue weighted by Gasteiger charge is -2.18. The molecule has 0 saturated heterocycles. The molecule has 1 N–H and O–H groups in total. The predicted octanol–water partition coefficient (Wildman–Crippen LogP) is 3.61. The summed E-state index contributed by atoms with van der Waals surface area (Å²) in [6, 6.07) is 8.32. The molecule has 1 saturated carbocycles. The van der Waals surface area contributed by atoms with E-state index in [0.29, 0.717) is 24.2 Å². The van der Waals surface area contributed by atoms with Gasteiger partial charge in [-0.05, 0) is 25.0 Å². The van der Waals surface area contributed by atoms with Crippen molar-refractivity contribution in [3.05, 3.63) is 46.2 Å². The van der Waals surface area contributed by atoms with E-state index in [4.69, 9.17) is 9.84 Å². The van der Waals surface area contributed by atoms with Crippen molar-refractivity contribution >= 4 is 27.5 Å². The van der Waals surface area contributed by atoms with E-state index in [0.717, 1.165) is 34.5 Å². The standard InChI is InChI=1S/C20H22N4O2S/c25-19(20-22-15-7-3-4-8-18(15)27-20)21-11-16-14-12-26-10-9-17(14)24(23-16)13-5-1-2-6-13/h3-4,7-8,13H,1-2,5-6,9-12H2,(H,21,25).